The van der Waals surface area contributed by atoms with Crippen molar-refractivity contribution in [1.29, 1.82) is 0 Å². The smallest absolute Gasteiger partial charge is 0.291 e. The Morgan fingerprint density at radius 1 is 1.08 bits per heavy atom. The summed E-state index contributed by atoms with van der Waals surface area (Å²) in [6.45, 7) is 3.59. The van der Waals surface area contributed by atoms with Gasteiger partial charge in [-0.1, -0.05) is 17.3 Å². The van der Waals surface area contributed by atoms with Crippen molar-refractivity contribution in [1.82, 2.24) is 15.1 Å². The SMILES string of the molecule is Cc1ccc2oc(C(=O)Nc3ccccc3-c3noc(C)n3)cc2n1. The lowest BCUT2D eigenvalue weighted by Gasteiger charge is -2.07. The van der Waals surface area contributed by atoms with E-state index < -0.39 is 0 Å². The summed E-state index contributed by atoms with van der Waals surface area (Å²) in [6.07, 6.45) is 0. The Kier molecular flexibility index (Phi) is 3.53. The third-order valence-corrected chi connectivity index (χ3v) is 3.68. The topological polar surface area (TPSA) is 94.1 Å². The number of para-hydroxylation sites is 1. The molecule has 0 saturated heterocycles. The number of furan rings is 1. The Morgan fingerprint density at radius 2 is 1.92 bits per heavy atom. The van der Waals surface area contributed by atoms with E-state index in [1.165, 1.54) is 0 Å². The average Bonchev–Trinajstić information content (AvgIpc) is 3.21. The number of hydrogen-bond donors (Lipinski definition) is 1. The lowest BCUT2D eigenvalue weighted by atomic mass is 10.1. The fourth-order valence-corrected chi connectivity index (χ4v) is 2.52. The summed E-state index contributed by atoms with van der Waals surface area (Å²) in [5, 5.41) is 6.73. The lowest BCUT2D eigenvalue weighted by molar-refractivity contribution is 0.0998. The zero-order valence-electron chi connectivity index (χ0n) is 13.6. The zero-order chi connectivity index (χ0) is 17.4. The van der Waals surface area contributed by atoms with Gasteiger partial charge in [0.05, 0.1) is 5.69 Å². The standard InChI is InChI=1S/C18H14N4O3/c1-10-7-8-15-14(19-10)9-16(24-15)18(23)21-13-6-4-3-5-12(13)17-20-11(2)25-22-17/h3-9H,1-2H3,(H,21,23). The van der Waals surface area contributed by atoms with Crippen LogP contribution < -0.4 is 5.32 Å². The predicted molar refractivity (Wildman–Crippen MR) is 91.2 cm³/mol. The minimum absolute atomic E-state index is 0.187. The van der Waals surface area contributed by atoms with Crippen LogP contribution in [0.2, 0.25) is 0 Å². The minimum atomic E-state index is -0.372. The maximum atomic E-state index is 12.6. The minimum Gasteiger partial charge on any atom is -0.449 e. The van der Waals surface area contributed by atoms with Crippen LogP contribution in [0, 0.1) is 13.8 Å². The van der Waals surface area contributed by atoms with Crippen molar-refractivity contribution >= 4 is 22.7 Å². The van der Waals surface area contributed by atoms with Crippen molar-refractivity contribution in [3.05, 3.63) is 59.8 Å². The lowest BCUT2D eigenvalue weighted by Crippen LogP contribution is -2.11. The Hall–Kier alpha value is -3.48. The molecule has 0 radical (unpaired) electrons. The van der Waals surface area contributed by atoms with E-state index in [2.05, 4.69) is 20.4 Å². The van der Waals surface area contributed by atoms with Crippen LogP contribution in [-0.2, 0) is 0 Å². The maximum Gasteiger partial charge on any atom is 0.291 e. The largest absolute Gasteiger partial charge is 0.449 e. The van der Waals surface area contributed by atoms with E-state index in [1.807, 2.05) is 31.2 Å². The fraction of sp³-hybridized carbons (Fsp3) is 0.111. The molecule has 25 heavy (non-hydrogen) atoms. The highest BCUT2D eigenvalue weighted by atomic mass is 16.5. The molecular weight excluding hydrogens is 320 g/mol. The van der Waals surface area contributed by atoms with Crippen molar-refractivity contribution in [3.63, 3.8) is 0 Å². The van der Waals surface area contributed by atoms with Crippen LogP contribution >= 0.6 is 0 Å². The van der Waals surface area contributed by atoms with Gasteiger partial charge in [0, 0.05) is 24.2 Å². The third-order valence-electron chi connectivity index (χ3n) is 3.68. The van der Waals surface area contributed by atoms with Crippen molar-refractivity contribution in [2.24, 2.45) is 0 Å². The van der Waals surface area contributed by atoms with Gasteiger partial charge < -0.3 is 14.3 Å². The predicted octanol–water partition coefficient (Wildman–Crippen LogP) is 3.75. The van der Waals surface area contributed by atoms with Crippen LogP contribution in [0.15, 0.2) is 51.4 Å². The van der Waals surface area contributed by atoms with Gasteiger partial charge >= 0.3 is 0 Å². The van der Waals surface area contributed by atoms with Gasteiger partial charge in [-0.25, -0.2) is 4.98 Å². The first-order valence-electron chi connectivity index (χ1n) is 7.68. The third kappa shape index (κ3) is 2.87. The van der Waals surface area contributed by atoms with Crippen LogP contribution in [0.4, 0.5) is 5.69 Å². The molecule has 0 fully saturated rings. The molecule has 124 valence electrons. The number of rotatable bonds is 3. The highest BCUT2D eigenvalue weighted by molar-refractivity contribution is 6.05. The van der Waals surface area contributed by atoms with Gasteiger partial charge in [0.2, 0.25) is 11.7 Å². The molecule has 1 N–H and O–H groups in total. The summed E-state index contributed by atoms with van der Waals surface area (Å²) < 4.78 is 10.6. The number of aromatic nitrogens is 3. The molecule has 1 amide bonds. The Morgan fingerprint density at radius 3 is 2.72 bits per heavy atom. The molecule has 0 aliphatic heterocycles. The van der Waals surface area contributed by atoms with Gasteiger partial charge in [0.25, 0.3) is 5.91 Å². The number of pyridine rings is 1. The molecule has 1 aromatic carbocycles. The number of aryl methyl sites for hydroxylation is 2. The summed E-state index contributed by atoms with van der Waals surface area (Å²) in [7, 11) is 0. The molecule has 4 aromatic rings. The van der Waals surface area contributed by atoms with Crippen molar-refractivity contribution < 1.29 is 13.7 Å². The molecule has 4 rings (SSSR count). The number of fused-ring (bicyclic) bond motifs is 1. The van der Waals surface area contributed by atoms with Gasteiger partial charge in [-0.05, 0) is 31.2 Å². The van der Waals surface area contributed by atoms with Crippen LogP contribution in [0.1, 0.15) is 22.1 Å². The quantitative estimate of drug-likeness (QED) is 0.613. The summed E-state index contributed by atoms with van der Waals surface area (Å²) in [5.41, 5.74) is 3.30. The second-order valence-electron chi connectivity index (χ2n) is 5.58. The molecule has 0 saturated carbocycles. The van der Waals surface area contributed by atoms with Crippen molar-refractivity contribution in [2.75, 3.05) is 5.32 Å². The number of amides is 1. The van der Waals surface area contributed by atoms with E-state index in [4.69, 9.17) is 8.94 Å². The molecule has 0 atom stereocenters. The monoisotopic (exact) mass is 334 g/mol. The molecule has 7 heteroatoms. The normalized spacial score (nSPS) is 11.0. The molecule has 3 heterocycles. The van der Waals surface area contributed by atoms with Crippen LogP contribution in [0.25, 0.3) is 22.5 Å². The second-order valence-corrected chi connectivity index (χ2v) is 5.58. The van der Waals surface area contributed by atoms with Crippen LogP contribution in [-0.4, -0.2) is 21.0 Å². The van der Waals surface area contributed by atoms with Crippen LogP contribution in [0.5, 0.6) is 0 Å². The van der Waals surface area contributed by atoms with E-state index in [9.17, 15) is 4.79 Å². The molecule has 7 nitrogen and oxygen atoms in total. The van der Waals surface area contributed by atoms with Crippen molar-refractivity contribution in [3.8, 4) is 11.4 Å². The number of anilines is 1. The van der Waals surface area contributed by atoms with Crippen LogP contribution in [0.3, 0.4) is 0 Å². The van der Waals surface area contributed by atoms with Gasteiger partial charge in [-0.2, -0.15) is 4.98 Å². The van der Waals surface area contributed by atoms with E-state index in [0.717, 1.165) is 5.69 Å². The Bertz CT molecular complexity index is 1080. The van der Waals surface area contributed by atoms with Gasteiger partial charge in [0.1, 0.15) is 5.52 Å². The average molecular weight is 334 g/mol. The summed E-state index contributed by atoms with van der Waals surface area (Å²) in [5.74, 6) is 0.681. The highest BCUT2D eigenvalue weighted by Gasteiger charge is 2.17. The number of nitrogens with one attached hydrogen (secondary N) is 1. The Balaban J connectivity index is 1.66. The summed E-state index contributed by atoms with van der Waals surface area (Å²) in [4.78, 5) is 21.1. The number of carbonyl (C=O) groups excluding carboxylic acids is 1. The second kappa shape index (κ2) is 5.86. The Labute approximate surface area is 142 Å². The molecule has 0 bridgehead atoms. The highest BCUT2D eigenvalue weighted by Crippen LogP contribution is 2.26. The molecule has 0 aliphatic rings. The fourth-order valence-electron chi connectivity index (χ4n) is 2.52. The maximum absolute atomic E-state index is 12.6. The zero-order valence-corrected chi connectivity index (χ0v) is 13.6. The van der Waals surface area contributed by atoms with Gasteiger partial charge in [-0.3, -0.25) is 4.79 Å². The molecule has 0 spiro atoms. The number of nitrogens with zero attached hydrogens (tertiary/aromatic N) is 3. The van der Waals surface area contributed by atoms with Crippen molar-refractivity contribution in [2.45, 2.75) is 13.8 Å². The molecule has 0 unspecified atom stereocenters. The number of hydrogen-bond acceptors (Lipinski definition) is 6. The van der Waals surface area contributed by atoms with Gasteiger partial charge in [0.15, 0.2) is 11.3 Å². The molecule has 0 aliphatic carbocycles. The number of benzene rings is 1. The first-order valence-corrected chi connectivity index (χ1v) is 7.68. The van der Waals surface area contributed by atoms with E-state index in [0.29, 0.717) is 34.1 Å². The van der Waals surface area contributed by atoms with E-state index in [1.54, 1.807) is 25.1 Å². The first kappa shape index (κ1) is 15.1. The number of carbonyl (C=O) groups is 1. The first-order chi connectivity index (χ1) is 12.1. The van der Waals surface area contributed by atoms with E-state index in [-0.39, 0.29) is 11.7 Å². The van der Waals surface area contributed by atoms with E-state index >= 15 is 0 Å². The molecular formula is C18H14N4O3. The summed E-state index contributed by atoms with van der Waals surface area (Å²) in [6, 6.07) is 12.5. The molecule has 3 aromatic heterocycles. The summed E-state index contributed by atoms with van der Waals surface area (Å²) >= 11 is 0. The van der Waals surface area contributed by atoms with Gasteiger partial charge in [-0.15, -0.1) is 0 Å².